The second kappa shape index (κ2) is 6.06. The van der Waals surface area contributed by atoms with Crippen molar-refractivity contribution in [3.05, 3.63) is 58.9 Å². The number of pyridine rings is 1. The summed E-state index contributed by atoms with van der Waals surface area (Å²) in [5, 5.41) is 6.26. The molecule has 0 fully saturated rings. The molecule has 2 aromatic rings. The number of hydrogen-bond acceptors (Lipinski definition) is 3. The van der Waals surface area contributed by atoms with Crippen LogP contribution in [-0.2, 0) is 19.4 Å². The molecular formula is C17H19N3O. The van der Waals surface area contributed by atoms with Crippen LogP contribution in [0, 0.1) is 0 Å². The first kappa shape index (κ1) is 13.8. The van der Waals surface area contributed by atoms with Gasteiger partial charge in [0.15, 0.2) is 0 Å². The van der Waals surface area contributed by atoms with Crippen LogP contribution in [0.25, 0.3) is 0 Å². The van der Waals surface area contributed by atoms with E-state index < -0.39 is 0 Å². The van der Waals surface area contributed by atoms with Gasteiger partial charge in [-0.3, -0.25) is 9.78 Å². The Morgan fingerprint density at radius 1 is 1.29 bits per heavy atom. The Labute approximate surface area is 124 Å². The number of aryl methyl sites for hydroxylation is 1. The zero-order valence-electron chi connectivity index (χ0n) is 12.1. The van der Waals surface area contributed by atoms with Crippen molar-refractivity contribution in [3.8, 4) is 0 Å². The predicted molar refractivity (Wildman–Crippen MR) is 83.4 cm³/mol. The number of nitrogens with one attached hydrogen (secondary N) is 2. The number of anilines is 1. The quantitative estimate of drug-likeness (QED) is 0.909. The average molecular weight is 281 g/mol. The number of nitrogens with zero attached hydrogens (tertiary/aromatic N) is 1. The minimum atomic E-state index is -0.0782. The van der Waals surface area contributed by atoms with Crippen LogP contribution in [0.2, 0.25) is 0 Å². The predicted octanol–water partition coefficient (Wildman–Crippen LogP) is 2.54. The molecule has 0 unspecified atom stereocenters. The van der Waals surface area contributed by atoms with Gasteiger partial charge in [0, 0.05) is 24.6 Å². The van der Waals surface area contributed by atoms with Crippen LogP contribution in [0.15, 0.2) is 36.7 Å². The second-order valence-electron chi connectivity index (χ2n) is 5.26. The molecule has 108 valence electrons. The summed E-state index contributed by atoms with van der Waals surface area (Å²) in [6.45, 7) is 3.81. The number of hydrogen-bond donors (Lipinski definition) is 2. The lowest BCUT2D eigenvalue weighted by Crippen LogP contribution is -2.27. The molecule has 21 heavy (non-hydrogen) atoms. The Bertz CT molecular complexity index is 650. The third kappa shape index (κ3) is 2.95. The number of rotatable bonds is 3. The van der Waals surface area contributed by atoms with Crippen LogP contribution in [0.1, 0.15) is 34.0 Å². The summed E-state index contributed by atoms with van der Waals surface area (Å²) in [7, 11) is 0. The van der Waals surface area contributed by atoms with Gasteiger partial charge in [0.25, 0.3) is 5.91 Å². The van der Waals surface area contributed by atoms with E-state index in [0.29, 0.717) is 5.56 Å². The Kier molecular flexibility index (Phi) is 3.97. The second-order valence-corrected chi connectivity index (χ2v) is 5.26. The van der Waals surface area contributed by atoms with E-state index >= 15 is 0 Å². The molecule has 0 radical (unpaired) electrons. The van der Waals surface area contributed by atoms with Gasteiger partial charge in [0.2, 0.25) is 0 Å². The third-order valence-electron chi connectivity index (χ3n) is 3.88. The summed E-state index contributed by atoms with van der Waals surface area (Å²) < 4.78 is 0. The Hall–Kier alpha value is -2.20. The zero-order valence-corrected chi connectivity index (χ0v) is 12.1. The maximum Gasteiger partial charge on any atom is 0.257 e. The SMILES string of the molecule is CCc1ccc(NC(=O)c2cncc3c2CCNC3)cc1. The fraction of sp³-hybridized carbons (Fsp3) is 0.294. The molecule has 0 bridgehead atoms. The molecule has 1 aliphatic rings. The van der Waals surface area contributed by atoms with Gasteiger partial charge >= 0.3 is 0 Å². The first-order chi connectivity index (χ1) is 10.3. The van der Waals surface area contributed by atoms with E-state index in [4.69, 9.17) is 0 Å². The minimum absolute atomic E-state index is 0.0782. The van der Waals surface area contributed by atoms with Crippen LogP contribution < -0.4 is 10.6 Å². The normalized spacial score (nSPS) is 13.6. The summed E-state index contributed by atoms with van der Waals surface area (Å²) >= 11 is 0. The van der Waals surface area contributed by atoms with Crippen LogP contribution in [0.3, 0.4) is 0 Å². The molecule has 0 saturated carbocycles. The molecule has 2 N–H and O–H groups in total. The molecule has 2 heterocycles. The minimum Gasteiger partial charge on any atom is -0.322 e. The highest BCUT2D eigenvalue weighted by molar-refractivity contribution is 6.05. The van der Waals surface area contributed by atoms with Gasteiger partial charge in [-0.1, -0.05) is 19.1 Å². The molecule has 1 amide bonds. The van der Waals surface area contributed by atoms with Crippen molar-refractivity contribution in [1.29, 1.82) is 0 Å². The van der Waals surface area contributed by atoms with Gasteiger partial charge in [-0.25, -0.2) is 0 Å². The largest absolute Gasteiger partial charge is 0.322 e. The fourth-order valence-electron chi connectivity index (χ4n) is 2.63. The molecule has 3 rings (SSSR count). The molecule has 4 nitrogen and oxygen atoms in total. The van der Waals surface area contributed by atoms with Crippen molar-refractivity contribution in [2.45, 2.75) is 26.3 Å². The molecule has 4 heteroatoms. The fourth-order valence-corrected chi connectivity index (χ4v) is 2.63. The summed E-state index contributed by atoms with van der Waals surface area (Å²) in [6.07, 6.45) is 5.38. The standard InChI is InChI=1S/C17H19N3O/c1-2-12-3-5-14(6-4-12)20-17(21)16-11-19-10-13-9-18-8-7-15(13)16/h3-6,10-11,18H,2,7-9H2,1H3,(H,20,21). The van der Waals surface area contributed by atoms with E-state index in [1.807, 2.05) is 30.5 Å². The molecule has 0 spiro atoms. The van der Waals surface area contributed by atoms with Crippen LogP contribution in [0.5, 0.6) is 0 Å². The number of aromatic nitrogens is 1. The lowest BCUT2D eigenvalue weighted by molar-refractivity contribution is 0.102. The summed E-state index contributed by atoms with van der Waals surface area (Å²) in [6, 6.07) is 7.97. The third-order valence-corrected chi connectivity index (χ3v) is 3.88. The van der Waals surface area contributed by atoms with E-state index in [2.05, 4.69) is 22.5 Å². The molecule has 0 saturated heterocycles. The summed E-state index contributed by atoms with van der Waals surface area (Å²) in [5.74, 6) is -0.0782. The monoisotopic (exact) mass is 281 g/mol. The Balaban J connectivity index is 1.82. The molecule has 1 aromatic heterocycles. The van der Waals surface area contributed by atoms with Crippen molar-refractivity contribution in [1.82, 2.24) is 10.3 Å². The number of carbonyl (C=O) groups is 1. The van der Waals surface area contributed by atoms with Crippen molar-refractivity contribution >= 4 is 11.6 Å². The van der Waals surface area contributed by atoms with Crippen molar-refractivity contribution in [3.63, 3.8) is 0 Å². The average Bonchev–Trinajstić information content (AvgIpc) is 2.55. The molecular weight excluding hydrogens is 262 g/mol. The number of carbonyl (C=O) groups excluding carboxylic acids is 1. The van der Waals surface area contributed by atoms with Gasteiger partial charge in [-0.15, -0.1) is 0 Å². The van der Waals surface area contributed by atoms with Gasteiger partial charge in [-0.05, 0) is 48.2 Å². The number of fused-ring (bicyclic) bond motifs is 1. The van der Waals surface area contributed by atoms with E-state index in [1.54, 1.807) is 6.20 Å². The van der Waals surface area contributed by atoms with Crippen LogP contribution in [0.4, 0.5) is 5.69 Å². The Morgan fingerprint density at radius 3 is 2.86 bits per heavy atom. The van der Waals surface area contributed by atoms with Crippen molar-refractivity contribution in [2.75, 3.05) is 11.9 Å². The number of amides is 1. The summed E-state index contributed by atoms with van der Waals surface area (Å²) in [4.78, 5) is 16.7. The number of benzene rings is 1. The van der Waals surface area contributed by atoms with Crippen molar-refractivity contribution in [2.24, 2.45) is 0 Å². The smallest absolute Gasteiger partial charge is 0.257 e. The molecule has 1 aliphatic heterocycles. The van der Waals surface area contributed by atoms with Crippen LogP contribution >= 0.6 is 0 Å². The topological polar surface area (TPSA) is 54.0 Å². The zero-order chi connectivity index (χ0) is 14.7. The van der Waals surface area contributed by atoms with Crippen molar-refractivity contribution < 1.29 is 4.79 Å². The van der Waals surface area contributed by atoms with Crippen LogP contribution in [-0.4, -0.2) is 17.4 Å². The van der Waals surface area contributed by atoms with Gasteiger partial charge in [-0.2, -0.15) is 0 Å². The summed E-state index contributed by atoms with van der Waals surface area (Å²) in [5.41, 5.74) is 5.01. The molecule has 0 atom stereocenters. The van der Waals surface area contributed by atoms with E-state index in [1.165, 1.54) is 5.56 Å². The van der Waals surface area contributed by atoms with E-state index in [-0.39, 0.29) is 5.91 Å². The van der Waals surface area contributed by atoms with E-state index in [0.717, 1.165) is 42.7 Å². The highest BCUT2D eigenvalue weighted by Crippen LogP contribution is 2.19. The highest BCUT2D eigenvalue weighted by Gasteiger charge is 2.18. The maximum absolute atomic E-state index is 12.5. The Morgan fingerprint density at radius 2 is 2.10 bits per heavy atom. The molecule has 1 aromatic carbocycles. The molecule has 0 aliphatic carbocycles. The lowest BCUT2D eigenvalue weighted by atomic mass is 9.98. The first-order valence-electron chi connectivity index (χ1n) is 7.34. The van der Waals surface area contributed by atoms with E-state index in [9.17, 15) is 4.79 Å². The van der Waals surface area contributed by atoms with Gasteiger partial charge in [0.05, 0.1) is 5.56 Å². The highest BCUT2D eigenvalue weighted by atomic mass is 16.1. The first-order valence-corrected chi connectivity index (χ1v) is 7.34. The maximum atomic E-state index is 12.5. The van der Waals surface area contributed by atoms with Gasteiger partial charge in [0.1, 0.15) is 0 Å². The van der Waals surface area contributed by atoms with Gasteiger partial charge < -0.3 is 10.6 Å². The lowest BCUT2D eigenvalue weighted by Gasteiger charge is -2.19.